The van der Waals surface area contributed by atoms with E-state index in [1.54, 1.807) is 27.0 Å². The van der Waals surface area contributed by atoms with E-state index in [2.05, 4.69) is 9.98 Å². The molecule has 0 spiro atoms. The summed E-state index contributed by atoms with van der Waals surface area (Å²) in [6.45, 7) is 5.40. The minimum atomic E-state index is -0.976. The summed E-state index contributed by atoms with van der Waals surface area (Å²) in [5.74, 6) is 0.227. The molecule has 26 heavy (non-hydrogen) atoms. The van der Waals surface area contributed by atoms with Gasteiger partial charge in [-0.3, -0.25) is 4.99 Å². The lowest BCUT2D eigenvalue weighted by Gasteiger charge is -2.16. The Morgan fingerprint density at radius 1 is 1.35 bits per heavy atom. The summed E-state index contributed by atoms with van der Waals surface area (Å²) in [7, 11) is 1.60. The Morgan fingerprint density at radius 3 is 2.85 bits per heavy atom. The SMILES string of the molecule is CCOC(=O)C1(C)CSC(c2nccc(OCCOCCOC)c2O)=N1. The van der Waals surface area contributed by atoms with E-state index in [1.165, 1.54) is 18.0 Å². The summed E-state index contributed by atoms with van der Waals surface area (Å²) in [6.07, 6.45) is 1.53. The zero-order chi connectivity index (χ0) is 19.0. The number of thioether (sulfide) groups is 1. The van der Waals surface area contributed by atoms with Crippen molar-refractivity contribution in [1.82, 2.24) is 4.98 Å². The molecule has 1 atom stereocenters. The van der Waals surface area contributed by atoms with E-state index in [-0.39, 0.29) is 18.3 Å². The highest BCUT2D eigenvalue weighted by molar-refractivity contribution is 8.14. The molecule has 0 aliphatic carbocycles. The van der Waals surface area contributed by atoms with Gasteiger partial charge in [-0.2, -0.15) is 0 Å². The maximum atomic E-state index is 12.1. The molecule has 0 radical (unpaired) electrons. The van der Waals surface area contributed by atoms with Gasteiger partial charge in [0.25, 0.3) is 0 Å². The van der Waals surface area contributed by atoms with Gasteiger partial charge in [0, 0.05) is 25.1 Å². The largest absolute Gasteiger partial charge is 0.503 e. The van der Waals surface area contributed by atoms with Crippen LogP contribution in [0.1, 0.15) is 19.5 Å². The van der Waals surface area contributed by atoms with E-state index < -0.39 is 5.54 Å². The van der Waals surface area contributed by atoms with Gasteiger partial charge in [0.15, 0.2) is 17.0 Å². The number of hydrogen-bond acceptors (Lipinski definition) is 9. The third kappa shape index (κ3) is 5.09. The first-order valence-electron chi connectivity index (χ1n) is 8.29. The van der Waals surface area contributed by atoms with Gasteiger partial charge in [-0.25, -0.2) is 9.78 Å². The van der Waals surface area contributed by atoms with Gasteiger partial charge < -0.3 is 24.1 Å². The van der Waals surface area contributed by atoms with Crippen LogP contribution >= 0.6 is 11.8 Å². The Morgan fingerprint density at radius 2 is 2.12 bits per heavy atom. The van der Waals surface area contributed by atoms with E-state index >= 15 is 0 Å². The lowest BCUT2D eigenvalue weighted by atomic mass is 10.1. The van der Waals surface area contributed by atoms with Crippen molar-refractivity contribution in [2.24, 2.45) is 4.99 Å². The number of pyridine rings is 1. The highest BCUT2D eigenvalue weighted by Crippen LogP contribution is 2.37. The van der Waals surface area contributed by atoms with Crippen LogP contribution in [0.2, 0.25) is 0 Å². The van der Waals surface area contributed by atoms with Gasteiger partial charge in [0.1, 0.15) is 17.3 Å². The third-order valence-corrected chi connectivity index (χ3v) is 4.82. The maximum Gasteiger partial charge on any atom is 0.334 e. The fourth-order valence-electron chi connectivity index (χ4n) is 2.17. The van der Waals surface area contributed by atoms with Crippen LogP contribution in [-0.4, -0.2) is 72.5 Å². The smallest absolute Gasteiger partial charge is 0.334 e. The van der Waals surface area contributed by atoms with E-state index in [9.17, 15) is 9.90 Å². The summed E-state index contributed by atoms with van der Waals surface area (Å²) >= 11 is 1.35. The maximum absolute atomic E-state index is 12.1. The first-order chi connectivity index (χ1) is 12.5. The second-order valence-corrected chi connectivity index (χ2v) is 6.62. The number of aromatic nitrogens is 1. The van der Waals surface area contributed by atoms with Crippen molar-refractivity contribution in [3.05, 3.63) is 18.0 Å². The molecule has 0 saturated heterocycles. The molecule has 0 amide bonds. The number of carbonyl (C=O) groups is 1. The quantitative estimate of drug-likeness (QED) is 0.480. The van der Waals surface area contributed by atoms with Crippen LogP contribution in [-0.2, 0) is 19.0 Å². The second-order valence-electron chi connectivity index (χ2n) is 5.66. The van der Waals surface area contributed by atoms with Gasteiger partial charge in [0.2, 0.25) is 0 Å². The monoisotopic (exact) mass is 384 g/mol. The van der Waals surface area contributed by atoms with E-state index in [1.807, 2.05) is 0 Å². The molecule has 1 aromatic rings. The fourth-order valence-corrected chi connectivity index (χ4v) is 3.33. The van der Waals surface area contributed by atoms with Gasteiger partial charge >= 0.3 is 5.97 Å². The van der Waals surface area contributed by atoms with Crippen LogP contribution in [0, 0.1) is 0 Å². The average Bonchev–Trinajstić information content (AvgIpc) is 3.03. The zero-order valence-corrected chi connectivity index (χ0v) is 16.0. The predicted octanol–water partition coefficient (Wildman–Crippen LogP) is 1.64. The molecular weight excluding hydrogens is 360 g/mol. The van der Waals surface area contributed by atoms with Crippen LogP contribution in [0.5, 0.6) is 11.5 Å². The molecule has 9 heteroatoms. The van der Waals surface area contributed by atoms with Crippen LogP contribution in [0.3, 0.4) is 0 Å². The van der Waals surface area contributed by atoms with Gasteiger partial charge in [-0.15, -0.1) is 11.8 Å². The number of nitrogens with zero attached hydrogens (tertiary/aromatic N) is 2. The minimum absolute atomic E-state index is 0.108. The lowest BCUT2D eigenvalue weighted by molar-refractivity contribution is -0.147. The number of aromatic hydroxyl groups is 1. The zero-order valence-electron chi connectivity index (χ0n) is 15.2. The van der Waals surface area contributed by atoms with Crippen molar-refractivity contribution in [2.75, 3.05) is 45.9 Å². The molecule has 1 N–H and O–H groups in total. The van der Waals surface area contributed by atoms with Crippen molar-refractivity contribution in [1.29, 1.82) is 0 Å². The first-order valence-corrected chi connectivity index (χ1v) is 9.28. The lowest BCUT2D eigenvalue weighted by Crippen LogP contribution is -2.35. The normalized spacial score (nSPS) is 19.3. The number of aliphatic imine (C=N–C) groups is 1. The standard InChI is InChI=1S/C17H24N2O6S/c1-4-24-16(21)17(2)11-26-15(19-17)13-14(20)12(5-6-18-13)25-10-9-23-8-7-22-3/h5-6,20H,4,7-11H2,1-3H3. The predicted molar refractivity (Wildman–Crippen MR) is 98.1 cm³/mol. The van der Waals surface area contributed by atoms with E-state index in [0.29, 0.717) is 48.7 Å². The van der Waals surface area contributed by atoms with E-state index in [4.69, 9.17) is 18.9 Å². The van der Waals surface area contributed by atoms with Crippen molar-refractivity contribution in [3.63, 3.8) is 0 Å². The molecule has 1 aliphatic heterocycles. The highest BCUT2D eigenvalue weighted by Gasteiger charge is 2.40. The number of hydrogen-bond donors (Lipinski definition) is 1. The number of esters is 1. The molecule has 1 unspecified atom stereocenters. The molecule has 1 aromatic heterocycles. The summed E-state index contributed by atoms with van der Waals surface area (Å²) in [4.78, 5) is 20.7. The van der Waals surface area contributed by atoms with E-state index in [0.717, 1.165) is 0 Å². The molecule has 1 aliphatic rings. The average molecular weight is 384 g/mol. The molecule has 2 rings (SSSR count). The van der Waals surface area contributed by atoms with Crippen molar-refractivity contribution in [3.8, 4) is 11.5 Å². The van der Waals surface area contributed by atoms with Gasteiger partial charge in [-0.1, -0.05) is 0 Å². The Labute approximate surface area is 156 Å². The molecular formula is C17H24N2O6S. The van der Waals surface area contributed by atoms with Crippen LogP contribution in [0.15, 0.2) is 17.3 Å². The van der Waals surface area contributed by atoms with Crippen LogP contribution in [0.4, 0.5) is 0 Å². The van der Waals surface area contributed by atoms with Crippen molar-refractivity contribution in [2.45, 2.75) is 19.4 Å². The highest BCUT2D eigenvalue weighted by atomic mass is 32.2. The Hall–Kier alpha value is -1.84. The van der Waals surface area contributed by atoms with Crippen LogP contribution in [0.25, 0.3) is 0 Å². The topological polar surface area (TPSA) is 99.5 Å². The number of methoxy groups -OCH3 is 1. The number of ether oxygens (including phenoxy) is 4. The minimum Gasteiger partial charge on any atom is -0.503 e. The molecule has 0 saturated carbocycles. The van der Waals surface area contributed by atoms with Crippen molar-refractivity contribution >= 4 is 22.8 Å². The van der Waals surface area contributed by atoms with Crippen LogP contribution < -0.4 is 4.74 Å². The van der Waals surface area contributed by atoms with Gasteiger partial charge in [-0.05, 0) is 13.8 Å². The van der Waals surface area contributed by atoms with Gasteiger partial charge in [0.05, 0.1) is 26.4 Å². The summed E-state index contributed by atoms with van der Waals surface area (Å²) in [6, 6.07) is 1.57. The number of carbonyl (C=O) groups excluding carboxylic acids is 1. The Bertz CT molecular complexity index is 654. The summed E-state index contributed by atoms with van der Waals surface area (Å²) in [5.41, 5.74) is -0.684. The Kier molecular flexibility index (Phi) is 7.67. The molecule has 8 nitrogen and oxygen atoms in total. The third-order valence-electron chi connectivity index (χ3n) is 3.56. The molecule has 0 aromatic carbocycles. The number of rotatable bonds is 10. The Balaban J connectivity index is 2.03. The molecule has 0 fully saturated rings. The first kappa shape index (κ1) is 20.5. The molecule has 2 heterocycles. The fraction of sp³-hybridized carbons (Fsp3) is 0.588. The van der Waals surface area contributed by atoms with Crippen molar-refractivity contribution < 1.29 is 28.8 Å². The summed E-state index contributed by atoms with van der Waals surface area (Å²) < 4.78 is 20.8. The summed E-state index contributed by atoms with van der Waals surface area (Å²) in [5, 5.41) is 10.9. The second kappa shape index (κ2) is 9.75. The molecule has 144 valence electrons. The molecule has 0 bridgehead atoms.